The van der Waals surface area contributed by atoms with Crippen LogP contribution in [0.4, 0.5) is 4.39 Å². The Balaban J connectivity index is 3.94. The Hall–Kier alpha value is -1.21. The van der Waals surface area contributed by atoms with Crippen LogP contribution in [0.3, 0.4) is 0 Å². The molecule has 1 N–H and O–H groups in total. The molecule has 0 aliphatic heterocycles. The minimum absolute atomic E-state index is 0.0261. The predicted molar refractivity (Wildman–Crippen MR) is 223 cm³/mol. The largest absolute Gasteiger partial charge is 0.466 e. The number of esters is 2. The lowest BCUT2D eigenvalue weighted by molar-refractivity contribution is -0.150. The maximum Gasteiger partial charge on any atom is 0.306 e. The van der Waals surface area contributed by atoms with E-state index in [1.165, 1.54) is 64.2 Å². The van der Waals surface area contributed by atoms with Gasteiger partial charge in [-0.05, 0) is 83.2 Å². The fourth-order valence-corrected chi connectivity index (χ4v) is 7.20. The Labute approximate surface area is 328 Å². The van der Waals surface area contributed by atoms with Gasteiger partial charge in [0.1, 0.15) is 6.10 Å². The first kappa shape index (κ1) is 51.8. The van der Waals surface area contributed by atoms with Crippen molar-refractivity contribution in [1.29, 1.82) is 0 Å². The zero-order chi connectivity index (χ0) is 38.9. The van der Waals surface area contributed by atoms with Crippen LogP contribution in [-0.4, -0.2) is 67.6 Å². The number of nitrogens with zero attached hydrogens (tertiary/aromatic N) is 1. The van der Waals surface area contributed by atoms with Crippen LogP contribution in [0, 0.1) is 5.92 Å². The number of aliphatic hydroxyl groups excluding tert-OH is 1. The second kappa shape index (κ2) is 41.9. The van der Waals surface area contributed by atoms with Gasteiger partial charge < -0.3 is 19.5 Å². The summed E-state index contributed by atoms with van der Waals surface area (Å²) in [6, 6.07) is 0. The second-order valence-electron chi connectivity index (χ2n) is 16.4. The fourth-order valence-electron chi connectivity index (χ4n) is 7.20. The van der Waals surface area contributed by atoms with Gasteiger partial charge in [-0.2, -0.15) is 0 Å². The van der Waals surface area contributed by atoms with E-state index in [0.717, 1.165) is 154 Å². The smallest absolute Gasteiger partial charge is 0.306 e. The molecule has 0 aliphatic carbocycles. The van der Waals surface area contributed by atoms with E-state index >= 15 is 0 Å². The highest BCUT2D eigenvalue weighted by Crippen LogP contribution is 2.19. The van der Waals surface area contributed by atoms with Gasteiger partial charge in [-0.3, -0.25) is 14.0 Å². The zero-order valence-electron chi connectivity index (χ0n) is 35.6. The molecule has 0 spiro atoms. The van der Waals surface area contributed by atoms with Crippen LogP contribution in [0.2, 0.25) is 0 Å². The maximum absolute atomic E-state index is 12.7. The minimum Gasteiger partial charge on any atom is -0.466 e. The lowest BCUT2D eigenvalue weighted by Gasteiger charge is -2.21. The zero-order valence-corrected chi connectivity index (χ0v) is 35.6. The number of ether oxygens (including phenoxy) is 2. The fraction of sp³-hybridized carbons (Fsp3) is 0.957. The SMILES string of the molecule is CCCCCCCCC(CCCCCCCCF)OC(=O)CCCCCCCN(CCO)CCCCCCCC(=O)OCCCCCCCCC(C)C. The molecule has 0 aromatic carbocycles. The highest BCUT2D eigenvalue weighted by Gasteiger charge is 2.14. The molecule has 0 bridgehead atoms. The van der Waals surface area contributed by atoms with Gasteiger partial charge in [-0.1, -0.05) is 156 Å². The van der Waals surface area contributed by atoms with Crippen molar-refractivity contribution in [3.05, 3.63) is 0 Å². The van der Waals surface area contributed by atoms with E-state index in [1.54, 1.807) is 0 Å². The van der Waals surface area contributed by atoms with E-state index in [-0.39, 0.29) is 31.3 Å². The standard InChI is InChI=1S/C46H90FNO5/c1-4-5-6-7-15-24-33-44(34-25-16-8-10-19-28-37-47)53-46(51)36-27-18-13-21-30-39-48(40-41-49)38-29-20-12-17-26-35-45(50)52-42-31-22-11-9-14-23-32-43(2)3/h43-44,49H,4-42H2,1-3H3. The van der Waals surface area contributed by atoms with Gasteiger partial charge in [-0.15, -0.1) is 0 Å². The third-order valence-corrected chi connectivity index (χ3v) is 10.7. The van der Waals surface area contributed by atoms with Crippen LogP contribution >= 0.6 is 0 Å². The monoisotopic (exact) mass is 756 g/mol. The average Bonchev–Trinajstić information content (AvgIpc) is 3.13. The number of hydrogen-bond acceptors (Lipinski definition) is 6. The Morgan fingerprint density at radius 1 is 0.528 bits per heavy atom. The molecule has 53 heavy (non-hydrogen) atoms. The summed E-state index contributed by atoms with van der Waals surface area (Å²) >= 11 is 0. The normalized spacial score (nSPS) is 12.2. The van der Waals surface area contributed by atoms with E-state index in [0.29, 0.717) is 25.9 Å². The molecule has 1 unspecified atom stereocenters. The predicted octanol–water partition coefficient (Wildman–Crippen LogP) is 13.3. The molecule has 0 saturated heterocycles. The second-order valence-corrected chi connectivity index (χ2v) is 16.4. The molecule has 316 valence electrons. The summed E-state index contributed by atoms with van der Waals surface area (Å²) in [7, 11) is 0. The Bertz CT molecular complexity index is 766. The van der Waals surface area contributed by atoms with E-state index < -0.39 is 0 Å². The summed E-state index contributed by atoms with van der Waals surface area (Å²) in [5.41, 5.74) is 0. The Kier molecular flexibility index (Phi) is 41.0. The highest BCUT2D eigenvalue weighted by molar-refractivity contribution is 5.69. The van der Waals surface area contributed by atoms with Gasteiger partial charge in [0.25, 0.3) is 0 Å². The van der Waals surface area contributed by atoms with Crippen molar-refractivity contribution in [2.75, 3.05) is 39.5 Å². The number of unbranched alkanes of at least 4 members (excludes halogenated alkanes) is 23. The number of halogens is 1. The van der Waals surface area contributed by atoms with Crippen LogP contribution in [-0.2, 0) is 19.1 Å². The Morgan fingerprint density at radius 3 is 1.47 bits per heavy atom. The van der Waals surface area contributed by atoms with Gasteiger partial charge in [0.15, 0.2) is 0 Å². The van der Waals surface area contributed by atoms with Crippen molar-refractivity contribution >= 4 is 11.9 Å². The van der Waals surface area contributed by atoms with E-state index in [4.69, 9.17) is 9.47 Å². The number of hydrogen-bond donors (Lipinski definition) is 1. The first-order valence-electron chi connectivity index (χ1n) is 23.2. The Morgan fingerprint density at radius 2 is 0.962 bits per heavy atom. The first-order chi connectivity index (χ1) is 25.9. The van der Waals surface area contributed by atoms with Crippen LogP contribution in [0.1, 0.15) is 233 Å². The number of rotatable bonds is 43. The molecule has 0 aliphatic rings. The topological polar surface area (TPSA) is 76.1 Å². The first-order valence-corrected chi connectivity index (χ1v) is 23.2. The van der Waals surface area contributed by atoms with Crippen LogP contribution in [0.15, 0.2) is 0 Å². The molecule has 0 aromatic heterocycles. The van der Waals surface area contributed by atoms with Crippen molar-refractivity contribution in [1.82, 2.24) is 4.90 Å². The summed E-state index contributed by atoms with van der Waals surface area (Å²) in [5.74, 6) is 0.745. The number of carbonyl (C=O) groups is 2. The number of carbonyl (C=O) groups excluding carboxylic acids is 2. The molecule has 0 amide bonds. The quantitative estimate of drug-likeness (QED) is 0.0493. The van der Waals surface area contributed by atoms with Crippen molar-refractivity contribution in [3.63, 3.8) is 0 Å². The van der Waals surface area contributed by atoms with Gasteiger partial charge >= 0.3 is 11.9 Å². The molecule has 1 atom stereocenters. The number of alkyl halides is 1. The van der Waals surface area contributed by atoms with Gasteiger partial charge in [0.05, 0.1) is 19.9 Å². The third kappa shape index (κ3) is 40.3. The molecule has 0 saturated carbocycles. The highest BCUT2D eigenvalue weighted by atomic mass is 19.1. The lowest BCUT2D eigenvalue weighted by atomic mass is 10.0. The van der Waals surface area contributed by atoms with Gasteiger partial charge in [0, 0.05) is 19.4 Å². The van der Waals surface area contributed by atoms with Gasteiger partial charge in [-0.25, -0.2) is 0 Å². The van der Waals surface area contributed by atoms with Crippen LogP contribution < -0.4 is 0 Å². The molecule has 0 radical (unpaired) electrons. The molecular weight excluding hydrogens is 666 g/mol. The molecule has 0 rings (SSSR count). The van der Waals surface area contributed by atoms with Crippen molar-refractivity contribution in [2.24, 2.45) is 5.92 Å². The molecule has 0 fully saturated rings. The maximum atomic E-state index is 12.7. The molecule has 0 aromatic rings. The summed E-state index contributed by atoms with van der Waals surface area (Å²) in [6.07, 6.45) is 36.2. The summed E-state index contributed by atoms with van der Waals surface area (Å²) < 4.78 is 23.7. The summed E-state index contributed by atoms with van der Waals surface area (Å²) in [4.78, 5) is 27.1. The lowest BCUT2D eigenvalue weighted by Crippen LogP contribution is -2.29. The average molecular weight is 756 g/mol. The molecule has 0 heterocycles. The van der Waals surface area contributed by atoms with Crippen molar-refractivity contribution in [2.45, 2.75) is 239 Å². The van der Waals surface area contributed by atoms with Gasteiger partial charge in [0.2, 0.25) is 0 Å². The number of aliphatic hydroxyl groups is 1. The van der Waals surface area contributed by atoms with E-state index in [2.05, 4.69) is 25.7 Å². The molecule has 7 heteroatoms. The summed E-state index contributed by atoms with van der Waals surface area (Å²) in [6.45, 7) is 10.2. The van der Waals surface area contributed by atoms with Crippen molar-refractivity contribution in [3.8, 4) is 0 Å². The molecule has 6 nitrogen and oxygen atoms in total. The summed E-state index contributed by atoms with van der Waals surface area (Å²) in [5, 5.41) is 9.55. The minimum atomic E-state index is -0.205. The molecular formula is C46H90FNO5. The van der Waals surface area contributed by atoms with Crippen molar-refractivity contribution < 1.29 is 28.6 Å². The third-order valence-electron chi connectivity index (χ3n) is 10.7. The van der Waals surface area contributed by atoms with E-state index in [1.807, 2.05) is 0 Å². The van der Waals surface area contributed by atoms with Crippen LogP contribution in [0.25, 0.3) is 0 Å². The van der Waals surface area contributed by atoms with Crippen LogP contribution in [0.5, 0.6) is 0 Å². The van der Waals surface area contributed by atoms with E-state index in [9.17, 15) is 19.1 Å².